The molecule has 1 aliphatic heterocycles. The lowest BCUT2D eigenvalue weighted by Crippen LogP contribution is -2.30. The average Bonchev–Trinajstić information content (AvgIpc) is 2.72. The average molecular weight is 254 g/mol. The fourth-order valence-corrected chi connectivity index (χ4v) is 1.94. The second-order valence-corrected chi connectivity index (χ2v) is 4.07. The number of hydrogen-bond donors (Lipinski definition) is 1. The molecule has 2 aromatic rings. The molecule has 0 unspecified atom stereocenters. The maximum absolute atomic E-state index is 12.2. The number of anilines is 1. The predicted molar refractivity (Wildman–Crippen MR) is 67.5 cm³/mol. The summed E-state index contributed by atoms with van der Waals surface area (Å²) in [6.07, 6.45) is 3.03. The molecule has 0 aromatic carbocycles. The molecule has 0 aliphatic carbocycles. The first-order valence-corrected chi connectivity index (χ1v) is 5.71. The summed E-state index contributed by atoms with van der Waals surface area (Å²) in [5.74, 6) is -0.570. The van der Waals surface area contributed by atoms with Crippen LogP contribution in [0, 0.1) is 0 Å². The molecule has 2 N–H and O–H groups in total. The maximum atomic E-state index is 12.2. The lowest BCUT2D eigenvalue weighted by Gasteiger charge is -2.12. The summed E-state index contributed by atoms with van der Waals surface area (Å²) >= 11 is 0. The Hall–Kier alpha value is -2.60. The number of carbonyl (C=O) groups is 2. The number of pyridine rings is 2. The first-order valence-electron chi connectivity index (χ1n) is 5.71. The van der Waals surface area contributed by atoms with Crippen molar-refractivity contribution in [1.29, 1.82) is 0 Å². The third kappa shape index (κ3) is 1.69. The number of aromatic nitrogens is 2. The monoisotopic (exact) mass is 254 g/mol. The van der Waals surface area contributed by atoms with Crippen LogP contribution in [0.15, 0.2) is 36.7 Å². The molecule has 6 heteroatoms. The second-order valence-electron chi connectivity index (χ2n) is 4.07. The van der Waals surface area contributed by atoms with Gasteiger partial charge in [-0.2, -0.15) is 0 Å². The molecule has 0 saturated heterocycles. The molecule has 94 valence electrons. The molecule has 19 heavy (non-hydrogen) atoms. The number of fused-ring (bicyclic) bond motifs is 1. The Bertz CT molecular complexity index is 632. The van der Waals surface area contributed by atoms with Gasteiger partial charge in [0.05, 0.1) is 5.56 Å². The number of carbonyl (C=O) groups excluding carboxylic acids is 2. The quantitative estimate of drug-likeness (QED) is 0.798. The molecular weight excluding hydrogens is 244 g/mol. The van der Waals surface area contributed by atoms with Gasteiger partial charge in [-0.1, -0.05) is 6.07 Å². The van der Waals surface area contributed by atoms with Crippen molar-refractivity contribution in [3.8, 4) is 0 Å². The molecule has 0 saturated carbocycles. The van der Waals surface area contributed by atoms with Gasteiger partial charge in [0.1, 0.15) is 11.5 Å². The van der Waals surface area contributed by atoms with Crippen molar-refractivity contribution in [2.75, 3.05) is 4.90 Å². The summed E-state index contributed by atoms with van der Waals surface area (Å²) in [4.78, 5) is 33.4. The Kier molecular flexibility index (Phi) is 2.57. The van der Waals surface area contributed by atoms with Crippen LogP contribution in [0.2, 0.25) is 0 Å². The zero-order valence-electron chi connectivity index (χ0n) is 9.91. The molecule has 0 atom stereocenters. The highest BCUT2D eigenvalue weighted by molar-refractivity contribution is 6.33. The molecule has 3 rings (SSSR count). The van der Waals surface area contributed by atoms with Gasteiger partial charge in [-0.05, 0) is 23.8 Å². The third-order valence-electron chi connectivity index (χ3n) is 2.92. The number of hydrogen-bond acceptors (Lipinski definition) is 5. The third-order valence-corrected chi connectivity index (χ3v) is 2.92. The fraction of sp³-hybridized carbons (Fsp3) is 0.0769. The molecule has 6 nitrogen and oxygen atoms in total. The minimum Gasteiger partial charge on any atom is -0.326 e. The number of nitrogens with two attached hydrogens (primary N) is 1. The van der Waals surface area contributed by atoms with Gasteiger partial charge < -0.3 is 5.73 Å². The van der Waals surface area contributed by atoms with Crippen LogP contribution in [0.4, 0.5) is 5.82 Å². The van der Waals surface area contributed by atoms with Crippen LogP contribution < -0.4 is 10.6 Å². The Morgan fingerprint density at radius 3 is 2.58 bits per heavy atom. The fourth-order valence-electron chi connectivity index (χ4n) is 1.94. The van der Waals surface area contributed by atoms with E-state index in [4.69, 9.17) is 5.73 Å². The molecule has 0 bridgehead atoms. The molecule has 2 aromatic heterocycles. The van der Waals surface area contributed by atoms with Gasteiger partial charge in [0.15, 0.2) is 0 Å². The minimum atomic E-state index is -0.450. The number of amides is 2. The minimum absolute atomic E-state index is 0.164. The van der Waals surface area contributed by atoms with E-state index in [1.807, 2.05) is 0 Å². The molecule has 2 amide bonds. The number of nitrogens with zero attached hydrogens (tertiary/aromatic N) is 3. The second kappa shape index (κ2) is 4.25. The molecule has 0 radical (unpaired) electrons. The summed E-state index contributed by atoms with van der Waals surface area (Å²) in [5.41, 5.74) is 6.78. The summed E-state index contributed by atoms with van der Waals surface area (Å²) in [6, 6.07) is 6.54. The summed E-state index contributed by atoms with van der Waals surface area (Å²) < 4.78 is 0. The first kappa shape index (κ1) is 11.5. The number of imide groups is 1. The van der Waals surface area contributed by atoms with Crippen molar-refractivity contribution in [1.82, 2.24) is 9.97 Å². The molecule has 3 heterocycles. The summed E-state index contributed by atoms with van der Waals surface area (Å²) in [5, 5.41) is 0. The van der Waals surface area contributed by atoms with Gasteiger partial charge >= 0.3 is 0 Å². The van der Waals surface area contributed by atoms with Crippen LogP contribution in [-0.2, 0) is 6.54 Å². The Morgan fingerprint density at radius 1 is 1.11 bits per heavy atom. The maximum Gasteiger partial charge on any atom is 0.285 e. The van der Waals surface area contributed by atoms with Crippen molar-refractivity contribution in [3.05, 3.63) is 53.5 Å². The molecule has 0 fully saturated rings. The Balaban J connectivity index is 2.03. The lowest BCUT2D eigenvalue weighted by atomic mass is 10.2. The Labute approximate surface area is 108 Å². The zero-order valence-corrected chi connectivity index (χ0v) is 9.91. The topological polar surface area (TPSA) is 89.2 Å². The van der Waals surface area contributed by atoms with E-state index in [1.165, 1.54) is 6.20 Å². The van der Waals surface area contributed by atoms with E-state index >= 15 is 0 Å². The predicted octanol–water partition coefficient (Wildman–Crippen LogP) is 0.736. The lowest BCUT2D eigenvalue weighted by molar-refractivity contribution is 0.0923. The highest BCUT2D eigenvalue weighted by Gasteiger charge is 2.38. The summed E-state index contributed by atoms with van der Waals surface area (Å²) in [6.45, 7) is 0.358. The van der Waals surface area contributed by atoms with E-state index in [9.17, 15) is 9.59 Å². The highest BCUT2D eigenvalue weighted by Crippen LogP contribution is 2.25. The van der Waals surface area contributed by atoms with Gasteiger partial charge in [-0.25, -0.2) is 9.88 Å². The van der Waals surface area contributed by atoms with Gasteiger partial charge in [0.25, 0.3) is 11.8 Å². The van der Waals surface area contributed by atoms with Gasteiger partial charge in [-0.3, -0.25) is 14.6 Å². The molecular formula is C13H10N4O2. The smallest absolute Gasteiger partial charge is 0.285 e. The zero-order chi connectivity index (χ0) is 13.4. The first-order chi connectivity index (χ1) is 9.22. The van der Waals surface area contributed by atoms with Crippen molar-refractivity contribution in [3.63, 3.8) is 0 Å². The van der Waals surface area contributed by atoms with Crippen LogP contribution in [0.1, 0.15) is 26.4 Å². The van der Waals surface area contributed by atoms with Gasteiger partial charge in [-0.15, -0.1) is 0 Å². The van der Waals surface area contributed by atoms with Crippen LogP contribution in [-0.4, -0.2) is 21.8 Å². The van der Waals surface area contributed by atoms with Gasteiger partial charge in [0.2, 0.25) is 0 Å². The van der Waals surface area contributed by atoms with Crippen molar-refractivity contribution in [2.45, 2.75) is 6.54 Å². The summed E-state index contributed by atoms with van der Waals surface area (Å²) in [7, 11) is 0. The van der Waals surface area contributed by atoms with Crippen LogP contribution in [0.5, 0.6) is 0 Å². The standard InChI is InChI=1S/C13H10N4O2/c14-6-8-3-4-10(16-7-8)17-12(18)9-2-1-5-15-11(9)13(17)19/h1-5,7H,6,14H2. The number of rotatable bonds is 2. The largest absolute Gasteiger partial charge is 0.326 e. The van der Waals surface area contributed by atoms with E-state index in [1.54, 1.807) is 30.5 Å². The van der Waals surface area contributed by atoms with Crippen molar-refractivity contribution in [2.24, 2.45) is 5.73 Å². The van der Waals surface area contributed by atoms with E-state index in [2.05, 4.69) is 9.97 Å². The van der Waals surface area contributed by atoms with Crippen LogP contribution >= 0.6 is 0 Å². The van der Waals surface area contributed by atoms with Crippen LogP contribution in [0.25, 0.3) is 0 Å². The van der Waals surface area contributed by atoms with Crippen LogP contribution in [0.3, 0.4) is 0 Å². The van der Waals surface area contributed by atoms with E-state index < -0.39 is 11.8 Å². The molecule has 0 spiro atoms. The van der Waals surface area contributed by atoms with Crippen molar-refractivity contribution >= 4 is 17.6 Å². The SMILES string of the molecule is NCc1ccc(N2C(=O)c3cccnc3C2=O)nc1. The van der Waals surface area contributed by atoms with Gasteiger partial charge in [0, 0.05) is 18.9 Å². The molecule has 1 aliphatic rings. The van der Waals surface area contributed by atoms with Crippen molar-refractivity contribution < 1.29 is 9.59 Å². The van der Waals surface area contributed by atoms with E-state index in [0.29, 0.717) is 12.1 Å². The normalized spacial score (nSPS) is 13.8. The van der Waals surface area contributed by atoms with E-state index in [-0.39, 0.29) is 11.5 Å². The Morgan fingerprint density at radius 2 is 1.95 bits per heavy atom. The van der Waals surface area contributed by atoms with E-state index in [0.717, 1.165) is 10.5 Å². The highest BCUT2D eigenvalue weighted by atomic mass is 16.2.